The van der Waals surface area contributed by atoms with Gasteiger partial charge >= 0.3 is 0 Å². The second kappa shape index (κ2) is 13.3. The van der Waals surface area contributed by atoms with Crippen LogP contribution in [0.4, 0.5) is 22.7 Å². The number of hydrogen-bond donors (Lipinski definition) is 6. The standard InChI is InChI=1S/C25H28Cl4N6O6/c1-12(36)30-22-14(26)8-16(24(40)20(22)28)32-18(38)10-34-4-6-35(3,7-5-34)11-19(39)33-17-9-15(27)23(31-13(2)37)21(29)25(17)41/h8-9H,4-7,10-11H2,1-3H3,(H5-,30,31,32,33,36,37,38,39,40,41)/p+1. The molecule has 41 heavy (non-hydrogen) atoms. The lowest BCUT2D eigenvalue weighted by atomic mass is 10.2. The van der Waals surface area contributed by atoms with Crippen molar-refractivity contribution in [1.82, 2.24) is 4.90 Å². The van der Waals surface area contributed by atoms with E-state index in [0.29, 0.717) is 30.7 Å². The summed E-state index contributed by atoms with van der Waals surface area (Å²) in [7, 11) is 1.90. The molecule has 2 aromatic carbocycles. The molecule has 0 radical (unpaired) electrons. The monoisotopic (exact) mass is 649 g/mol. The number of amides is 4. The van der Waals surface area contributed by atoms with Gasteiger partial charge in [-0.15, -0.1) is 0 Å². The number of likely N-dealkylation sites (N-methyl/N-ethyl adjacent to an activating group) is 1. The minimum atomic E-state index is -0.430. The van der Waals surface area contributed by atoms with Gasteiger partial charge in [0, 0.05) is 26.9 Å². The van der Waals surface area contributed by atoms with Gasteiger partial charge in [0.2, 0.25) is 17.7 Å². The first-order chi connectivity index (χ1) is 19.1. The number of rotatable bonds is 8. The number of phenolic OH excluding ortho intramolecular Hbond substituents is 2. The van der Waals surface area contributed by atoms with Gasteiger partial charge in [0.1, 0.15) is 10.0 Å². The molecule has 0 aromatic heterocycles. The largest absolute Gasteiger partial charge is 0.504 e. The second-order valence-corrected chi connectivity index (χ2v) is 11.4. The fraction of sp³-hybridized carbons (Fsp3) is 0.360. The lowest BCUT2D eigenvalue weighted by Crippen LogP contribution is -2.60. The highest BCUT2D eigenvalue weighted by atomic mass is 35.5. The molecule has 16 heteroatoms. The predicted octanol–water partition coefficient (Wildman–Crippen LogP) is 3.97. The van der Waals surface area contributed by atoms with E-state index in [-0.39, 0.29) is 61.8 Å². The summed E-state index contributed by atoms with van der Waals surface area (Å²) in [6.45, 7) is 4.71. The van der Waals surface area contributed by atoms with Crippen LogP contribution < -0.4 is 21.3 Å². The summed E-state index contributed by atoms with van der Waals surface area (Å²) in [4.78, 5) is 50.1. The average Bonchev–Trinajstić information content (AvgIpc) is 2.87. The van der Waals surface area contributed by atoms with Crippen molar-refractivity contribution in [1.29, 1.82) is 0 Å². The third kappa shape index (κ3) is 8.28. The number of carbonyl (C=O) groups is 4. The Morgan fingerprint density at radius 3 is 1.61 bits per heavy atom. The zero-order valence-electron chi connectivity index (χ0n) is 22.3. The third-order valence-corrected chi connectivity index (χ3v) is 7.67. The maximum Gasteiger partial charge on any atom is 0.279 e. The van der Waals surface area contributed by atoms with Crippen molar-refractivity contribution in [3.8, 4) is 11.5 Å². The SMILES string of the molecule is CC(=O)Nc1c(Cl)cc(NC(=O)CN2CC[N+](C)(CC(=O)Nc3cc(Cl)c(NC(C)=O)c(Cl)c3O)CC2)c(O)c1Cl. The summed E-state index contributed by atoms with van der Waals surface area (Å²) in [5.74, 6) is -2.52. The molecule has 0 saturated carbocycles. The molecule has 1 aliphatic rings. The Morgan fingerprint density at radius 1 is 0.780 bits per heavy atom. The van der Waals surface area contributed by atoms with E-state index < -0.39 is 29.2 Å². The summed E-state index contributed by atoms with van der Waals surface area (Å²) >= 11 is 24.5. The van der Waals surface area contributed by atoms with Crippen LogP contribution in [0.5, 0.6) is 11.5 Å². The molecule has 4 amide bonds. The van der Waals surface area contributed by atoms with E-state index in [9.17, 15) is 29.4 Å². The molecule has 1 heterocycles. The summed E-state index contributed by atoms with van der Waals surface area (Å²) in [5.41, 5.74) is 0.0901. The van der Waals surface area contributed by atoms with Crippen LogP contribution >= 0.6 is 46.4 Å². The smallest absolute Gasteiger partial charge is 0.279 e. The van der Waals surface area contributed by atoms with Crippen LogP contribution in [0.25, 0.3) is 0 Å². The second-order valence-electron chi connectivity index (χ2n) is 9.85. The van der Waals surface area contributed by atoms with Crippen molar-refractivity contribution in [3.05, 3.63) is 32.2 Å². The molecule has 0 atom stereocenters. The number of carbonyl (C=O) groups excluding carboxylic acids is 4. The number of aromatic hydroxyl groups is 2. The maximum atomic E-state index is 12.8. The quantitative estimate of drug-likeness (QED) is 0.186. The highest BCUT2D eigenvalue weighted by molar-refractivity contribution is 6.42. The maximum absolute atomic E-state index is 12.8. The van der Waals surface area contributed by atoms with E-state index in [0.717, 1.165) is 0 Å². The number of quaternary nitrogens is 1. The van der Waals surface area contributed by atoms with Gasteiger partial charge in [0.05, 0.1) is 59.5 Å². The average molecular weight is 651 g/mol. The van der Waals surface area contributed by atoms with E-state index >= 15 is 0 Å². The van der Waals surface area contributed by atoms with Gasteiger partial charge < -0.3 is 36.0 Å². The molecule has 6 N–H and O–H groups in total. The topological polar surface area (TPSA) is 160 Å². The van der Waals surface area contributed by atoms with Gasteiger partial charge in [-0.25, -0.2) is 0 Å². The zero-order chi connectivity index (χ0) is 30.6. The number of piperazine rings is 1. The first-order valence-electron chi connectivity index (χ1n) is 12.2. The number of anilines is 4. The molecule has 1 saturated heterocycles. The number of halogens is 4. The van der Waals surface area contributed by atoms with Crippen molar-refractivity contribution >= 4 is 92.8 Å². The highest BCUT2D eigenvalue weighted by Gasteiger charge is 2.32. The van der Waals surface area contributed by atoms with Gasteiger partial charge in [-0.05, 0) is 12.1 Å². The summed E-state index contributed by atoms with van der Waals surface area (Å²) < 4.78 is 0.368. The van der Waals surface area contributed by atoms with Gasteiger partial charge in [-0.1, -0.05) is 46.4 Å². The van der Waals surface area contributed by atoms with Crippen molar-refractivity contribution in [3.63, 3.8) is 0 Å². The van der Waals surface area contributed by atoms with Crippen LogP contribution in [0.2, 0.25) is 20.1 Å². The molecular formula is C25H29Cl4N6O6+. The number of phenols is 2. The molecule has 12 nitrogen and oxygen atoms in total. The Bertz CT molecular complexity index is 1400. The van der Waals surface area contributed by atoms with Crippen LogP contribution in [0.1, 0.15) is 13.8 Å². The number of nitrogens with one attached hydrogen (secondary N) is 4. The molecule has 1 fully saturated rings. The number of hydrogen-bond acceptors (Lipinski definition) is 7. The fourth-order valence-electron chi connectivity index (χ4n) is 4.22. The van der Waals surface area contributed by atoms with Crippen molar-refractivity contribution in [2.24, 2.45) is 0 Å². The minimum absolute atomic E-state index is 0.00182. The Hall–Kier alpha value is -3.00. The number of benzene rings is 2. The van der Waals surface area contributed by atoms with E-state index in [4.69, 9.17) is 46.4 Å². The van der Waals surface area contributed by atoms with E-state index in [1.807, 2.05) is 11.9 Å². The molecule has 222 valence electrons. The summed E-state index contributed by atoms with van der Waals surface area (Å²) in [5, 5.41) is 30.5. The Kier molecular flexibility index (Phi) is 10.6. The summed E-state index contributed by atoms with van der Waals surface area (Å²) in [6, 6.07) is 2.59. The molecular weight excluding hydrogens is 622 g/mol. The first-order valence-corrected chi connectivity index (χ1v) is 13.7. The molecule has 1 aliphatic heterocycles. The third-order valence-electron chi connectivity index (χ3n) is 6.34. The van der Waals surface area contributed by atoms with E-state index in [1.165, 1.54) is 26.0 Å². The lowest BCUT2D eigenvalue weighted by Gasteiger charge is -2.41. The van der Waals surface area contributed by atoms with Crippen LogP contribution in [0.15, 0.2) is 12.1 Å². The Morgan fingerprint density at radius 2 is 1.20 bits per heavy atom. The van der Waals surface area contributed by atoms with E-state index in [1.54, 1.807) is 0 Å². The van der Waals surface area contributed by atoms with Crippen LogP contribution in [0.3, 0.4) is 0 Å². The molecule has 3 rings (SSSR count). The Labute approximate surface area is 256 Å². The van der Waals surface area contributed by atoms with Gasteiger partial charge in [0.15, 0.2) is 18.0 Å². The van der Waals surface area contributed by atoms with Crippen LogP contribution in [-0.2, 0) is 19.2 Å². The van der Waals surface area contributed by atoms with E-state index in [2.05, 4.69) is 21.3 Å². The van der Waals surface area contributed by atoms with Crippen molar-refractivity contribution in [2.75, 3.05) is 67.6 Å². The van der Waals surface area contributed by atoms with Crippen LogP contribution in [-0.4, -0.2) is 89.5 Å². The predicted molar refractivity (Wildman–Crippen MR) is 159 cm³/mol. The molecule has 0 aliphatic carbocycles. The first kappa shape index (κ1) is 32.5. The van der Waals surface area contributed by atoms with Crippen molar-refractivity contribution < 1.29 is 33.9 Å². The van der Waals surface area contributed by atoms with Gasteiger partial charge in [0.25, 0.3) is 5.91 Å². The van der Waals surface area contributed by atoms with Crippen molar-refractivity contribution in [2.45, 2.75) is 13.8 Å². The summed E-state index contributed by atoms with van der Waals surface area (Å²) in [6.07, 6.45) is 0. The van der Waals surface area contributed by atoms with Gasteiger partial charge in [-0.2, -0.15) is 0 Å². The molecule has 0 bridgehead atoms. The van der Waals surface area contributed by atoms with Crippen LogP contribution in [0, 0.1) is 0 Å². The molecule has 0 unspecified atom stereocenters. The molecule has 0 spiro atoms. The fourth-order valence-corrected chi connectivity index (χ4v) is 5.32. The zero-order valence-corrected chi connectivity index (χ0v) is 25.4. The normalized spacial score (nSPS) is 14.7. The highest BCUT2D eigenvalue weighted by Crippen LogP contribution is 2.44. The molecule has 2 aromatic rings. The number of nitrogens with zero attached hydrogens (tertiary/aromatic N) is 2. The Balaban J connectivity index is 1.56. The van der Waals surface area contributed by atoms with Gasteiger partial charge in [-0.3, -0.25) is 24.1 Å². The lowest BCUT2D eigenvalue weighted by molar-refractivity contribution is -0.905. The minimum Gasteiger partial charge on any atom is -0.504 e.